The van der Waals surface area contributed by atoms with Crippen LogP contribution in [0.5, 0.6) is 5.75 Å². The molecule has 0 fully saturated rings. The molecule has 0 heterocycles. The van der Waals surface area contributed by atoms with Crippen molar-refractivity contribution in [2.45, 2.75) is 19.1 Å². The molecule has 2 N–H and O–H groups in total. The van der Waals surface area contributed by atoms with Crippen LogP contribution in [0.4, 0.5) is 4.39 Å². The van der Waals surface area contributed by atoms with Gasteiger partial charge < -0.3 is 15.2 Å². The van der Waals surface area contributed by atoms with Gasteiger partial charge in [-0.3, -0.25) is 4.79 Å². The molecule has 2 atom stereocenters. The van der Waals surface area contributed by atoms with Gasteiger partial charge in [-0.25, -0.2) is 9.18 Å². The number of carbonyl (C=O) groups is 2. The number of benzene rings is 1. The highest BCUT2D eigenvalue weighted by atomic mass is 35.5. The van der Waals surface area contributed by atoms with Crippen molar-refractivity contribution >= 4 is 35.1 Å². The van der Waals surface area contributed by atoms with E-state index in [-0.39, 0.29) is 10.8 Å². The van der Waals surface area contributed by atoms with Gasteiger partial charge in [0.25, 0.3) is 5.91 Å². The summed E-state index contributed by atoms with van der Waals surface area (Å²) in [5, 5.41) is 11.3. The maximum atomic E-state index is 12.4. The molecule has 0 spiro atoms. The number of carboxylic acids is 1. The zero-order valence-electron chi connectivity index (χ0n) is 10.4. The first kappa shape index (κ1) is 16.5. The third kappa shape index (κ3) is 4.54. The number of alkyl halides is 1. The summed E-state index contributed by atoms with van der Waals surface area (Å²) in [5.41, 5.74) is 0. The Hall–Kier alpha value is -1.53. The molecule has 8 heteroatoms. The van der Waals surface area contributed by atoms with Gasteiger partial charge in [-0.1, -0.05) is 23.2 Å². The summed E-state index contributed by atoms with van der Waals surface area (Å²) in [4.78, 5) is 22.3. The molecule has 0 aromatic heterocycles. The topological polar surface area (TPSA) is 75.6 Å². The largest absolute Gasteiger partial charge is 0.480 e. The van der Waals surface area contributed by atoms with Gasteiger partial charge in [-0.05, 0) is 25.1 Å². The number of carboxylic acid groups (broad SMARTS) is 1. The van der Waals surface area contributed by atoms with E-state index in [2.05, 4.69) is 0 Å². The maximum absolute atomic E-state index is 12.4. The van der Waals surface area contributed by atoms with E-state index in [9.17, 15) is 14.0 Å². The number of hydrogen-bond acceptors (Lipinski definition) is 3. The zero-order valence-corrected chi connectivity index (χ0v) is 11.9. The van der Waals surface area contributed by atoms with E-state index in [0.717, 1.165) is 0 Å². The lowest BCUT2D eigenvalue weighted by atomic mass is 10.3. The van der Waals surface area contributed by atoms with E-state index >= 15 is 0 Å². The Balaban J connectivity index is 2.68. The molecule has 1 rings (SSSR count). The Morgan fingerprint density at radius 1 is 1.45 bits per heavy atom. The number of nitrogens with one attached hydrogen (secondary N) is 1. The van der Waals surface area contributed by atoms with Crippen LogP contribution in [0, 0.1) is 0 Å². The second kappa shape index (κ2) is 7.31. The summed E-state index contributed by atoms with van der Waals surface area (Å²) in [6.07, 6.45) is -1.04. The molecule has 20 heavy (non-hydrogen) atoms. The van der Waals surface area contributed by atoms with Gasteiger partial charge >= 0.3 is 5.97 Å². The first-order valence-corrected chi connectivity index (χ1v) is 6.31. The van der Waals surface area contributed by atoms with Crippen molar-refractivity contribution in [2.24, 2.45) is 0 Å². The summed E-state index contributed by atoms with van der Waals surface area (Å²) < 4.78 is 17.7. The van der Waals surface area contributed by atoms with E-state index in [1.807, 2.05) is 5.32 Å². The normalized spacial score (nSPS) is 13.4. The van der Waals surface area contributed by atoms with E-state index in [1.54, 1.807) is 0 Å². The van der Waals surface area contributed by atoms with Crippen LogP contribution < -0.4 is 10.1 Å². The van der Waals surface area contributed by atoms with E-state index in [1.165, 1.54) is 25.1 Å². The van der Waals surface area contributed by atoms with Gasteiger partial charge in [0.2, 0.25) is 0 Å². The average Bonchev–Trinajstić information content (AvgIpc) is 2.38. The van der Waals surface area contributed by atoms with Gasteiger partial charge in [0.1, 0.15) is 12.4 Å². The number of hydrogen-bond donors (Lipinski definition) is 2. The smallest absolute Gasteiger partial charge is 0.328 e. The molecule has 5 nitrogen and oxygen atoms in total. The molecule has 0 saturated carbocycles. The molecule has 0 bridgehead atoms. The molecule has 0 saturated heterocycles. The van der Waals surface area contributed by atoms with Crippen LogP contribution in [0.1, 0.15) is 6.92 Å². The standard InChI is InChI=1S/C12H12Cl2FNO4/c1-6(11(17)16-9(5-15)12(18)19)20-10-3-2-7(13)4-8(10)14/h2-4,6,9H,5H2,1H3,(H,16,17)(H,18,19). The molecule has 1 aromatic rings. The second-order valence-electron chi connectivity index (χ2n) is 3.89. The molecule has 110 valence electrons. The molecule has 0 aliphatic heterocycles. The van der Waals surface area contributed by atoms with Crippen LogP contribution in [-0.4, -0.2) is 35.8 Å². The van der Waals surface area contributed by atoms with Crippen LogP contribution in [0.25, 0.3) is 0 Å². The van der Waals surface area contributed by atoms with Gasteiger partial charge in [0, 0.05) is 5.02 Å². The SMILES string of the molecule is CC(Oc1ccc(Cl)cc1Cl)C(=O)NC(CF)C(=O)O. The Kier molecular flexibility index (Phi) is 6.04. The minimum atomic E-state index is -1.60. The van der Waals surface area contributed by atoms with Gasteiger partial charge in [0.05, 0.1) is 5.02 Å². The van der Waals surface area contributed by atoms with E-state index in [0.29, 0.717) is 5.02 Å². The van der Waals surface area contributed by atoms with Crippen molar-refractivity contribution in [3.05, 3.63) is 28.2 Å². The van der Waals surface area contributed by atoms with Crippen molar-refractivity contribution in [3.63, 3.8) is 0 Å². The van der Waals surface area contributed by atoms with Crippen molar-refractivity contribution in [1.29, 1.82) is 0 Å². The molecular weight excluding hydrogens is 312 g/mol. The fourth-order valence-electron chi connectivity index (χ4n) is 1.27. The van der Waals surface area contributed by atoms with Gasteiger partial charge in [-0.15, -0.1) is 0 Å². The third-order valence-corrected chi connectivity index (χ3v) is 2.87. The Morgan fingerprint density at radius 3 is 2.60 bits per heavy atom. The lowest BCUT2D eigenvalue weighted by Gasteiger charge is -2.17. The molecular formula is C12H12Cl2FNO4. The van der Waals surface area contributed by atoms with Crippen molar-refractivity contribution in [3.8, 4) is 5.75 Å². The van der Waals surface area contributed by atoms with Crippen LogP contribution in [0.3, 0.4) is 0 Å². The highest BCUT2D eigenvalue weighted by Crippen LogP contribution is 2.28. The predicted molar refractivity (Wildman–Crippen MR) is 72.1 cm³/mol. The number of amides is 1. The first-order chi connectivity index (χ1) is 9.35. The summed E-state index contributed by atoms with van der Waals surface area (Å²) in [6.45, 7) is 0.174. The molecule has 1 amide bonds. The quantitative estimate of drug-likeness (QED) is 0.842. The first-order valence-electron chi connectivity index (χ1n) is 5.56. The fourth-order valence-corrected chi connectivity index (χ4v) is 1.72. The second-order valence-corrected chi connectivity index (χ2v) is 4.73. The zero-order chi connectivity index (χ0) is 15.3. The number of rotatable bonds is 6. The van der Waals surface area contributed by atoms with E-state index < -0.39 is 30.7 Å². The summed E-state index contributed by atoms with van der Waals surface area (Å²) in [5.74, 6) is -2.01. The minimum absolute atomic E-state index is 0.206. The molecule has 2 unspecified atom stereocenters. The Bertz CT molecular complexity index is 512. The van der Waals surface area contributed by atoms with Crippen molar-refractivity contribution < 1.29 is 23.8 Å². The summed E-state index contributed by atoms with van der Waals surface area (Å²) in [7, 11) is 0. The van der Waals surface area contributed by atoms with E-state index in [4.69, 9.17) is 33.0 Å². The highest BCUT2D eigenvalue weighted by Gasteiger charge is 2.24. The maximum Gasteiger partial charge on any atom is 0.328 e. The average molecular weight is 324 g/mol. The van der Waals surface area contributed by atoms with Crippen LogP contribution >= 0.6 is 23.2 Å². The summed E-state index contributed by atoms with van der Waals surface area (Å²) >= 11 is 11.6. The minimum Gasteiger partial charge on any atom is -0.480 e. The lowest BCUT2D eigenvalue weighted by molar-refractivity contribution is -0.143. The predicted octanol–water partition coefficient (Wildman–Crippen LogP) is 2.30. The van der Waals surface area contributed by atoms with Crippen molar-refractivity contribution in [1.82, 2.24) is 5.32 Å². The van der Waals surface area contributed by atoms with Crippen LogP contribution in [0.15, 0.2) is 18.2 Å². The highest BCUT2D eigenvalue weighted by molar-refractivity contribution is 6.35. The Morgan fingerprint density at radius 2 is 2.10 bits per heavy atom. The Labute approximate surface area is 124 Å². The third-order valence-electron chi connectivity index (χ3n) is 2.34. The lowest BCUT2D eigenvalue weighted by Crippen LogP contribution is -2.47. The monoisotopic (exact) mass is 323 g/mol. The number of halogens is 3. The van der Waals surface area contributed by atoms with Gasteiger partial charge in [0.15, 0.2) is 12.1 Å². The molecule has 0 aliphatic rings. The van der Waals surface area contributed by atoms with Crippen LogP contribution in [0.2, 0.25) is 10.0 Å². The van der Waals surface area contributed by atoms with Crippen molar-refractivity contribution in [2.75, 3.05) is 6.67 Å². The van der Waals surface area contributed by atoms with Gasteiger partial charge in [-0.2, -0.15) is 0 Å². The number of carbonyl (C=O) groups excluding carboxylic acids is 1. The summed E-state index contributed by atoms with van der Waals surface area (Å²) in [6, 6.07) is 2.83. The molecule has 1 aromatic carbocycles. The fraction of sp³-hybridized carbons (Fsp3) is 0.333. The number of aliphatic carboxylic acids is 1. The molecule has 0 radical (unpaired) electrons. The number of ether oxygens (including phenoxy) is 1. The molecule has 0 aliphatic carbocycles. The van der Waals surface area contributed by atoms with Crippen LogP contribution in [-0.2, 0) is 9.59 Å².